The lowest BCUT2D eigenvalue weighted by molar-refractivity contribution is 0.0996. The van der Waals surface area contributed by atoms with E-state index in [1.165, 1.54) is 17.3 Å². The van der Waals surface area contributed by atoms with Gasteiger partial charge in [0.15, 0.2) is 5.76 Å². The van der Waals surface area contributed by atoms with Crippen LogP contribution in [0.15, 0.2) is 47.3 Å². The smallest absolute Gasteiger partial charge is 0.291 e. The lowest BCUT2D eigenvalue weighted by Crippen LogP contribution is -2.36. The first-order valence-electron chi connectivity index (χ1n) is 7.86. The average molecular weight is 340 g/mol. The van der Waals surface area contributed by atoms with Crippen molar-refractivity contribution in [1.82, 2.24) is 20.2 Å². The Kier molecular flexibility index (Phi) is 4.13. The minimum absolute atomic E-state index is 0.251. The quantitative estimate of drug-likeness (QED) is 0.765. The fourth-order valence-corrected chi connectivity index (χ4v) is 2.72. The highest BCUT2D eigenvalue weighted by molar-refractivity contribution is 6.04. The molecule has 0 bridgehead atoms. The summed E-state index contributed by atoms with van der Waals surface area (Å²) in [4.78, 5) is 14.6. The molecule has 1 saturated heterocycles. The van der Waals surface area contributed by atoms with Crippen molar-refractivity contribution in [2.75, 3.05) is 36.5 Å². The Morgan fingerprint density at radius 2 is 2.08 bits per heavy atom. The van der Waals surface area contributed by atoms with Crippen LogP contribution < -0.4 is 10.2 Å². The number of nitrogens with one attached hydrogen (secondary N) is 1. The predicted molar refractivity (Wildman–Crippen MR) is 88.8 cm³/mol. The van der Waals surface area contributed by atoms with Gasteiger partial charge in [0.2, 0.25) is 0 Å². The Bertz CT molecular complexity index is 841. The number of aromatic nitrogens is 4. The molecule has 0 saturated carbocycles. The van der Waals surface area contributed by atoms with Crippen LogP contribution in [0.25, 0.3) is 5.69 Å². The van der Waals surface area contributed by atoms with Gasteiger partial charge in [0.05, 0.1) is 36.5 Å². The van der Waals surface area contributed by atoms with Gasteiger partial charge >= 0.3 is 0 Å². The summed E-state index contributed by atoms with van der Waals surface area (Å²) in [5.74, 6) is -0.0610. The van der Waals surface area contributed by atoms with E-state index in [1.807, 2.05) is 18.2 Å². The average Bonchev–Trinajstić information content (AvgIpc) is 3.36. The molecule has 0 aliphatic carbocycles. The van der Waals surface area contributed by atoms with Crippen LogP contribution in [0, 0.1) is 0 Å². The number of nitrogens with zero attached hydrogens (tertiary/aromatic N) is 5. The molecule has 0 radical (unpaired) electrons. The van der Waals surface area contributed by atoms with Crippen molar-refractivity contribution in [2.45, 2.75) is 0 Å². The number of furan rings is 1. The van der Waals surface area contributed by atoms with E-state index in [0.717, 1.165) is 24.5 Å². The fourth-order valence-electron chi connectivity index (χ4n) is 2.72. The number of anilines is 2. The van der Waals surface area contributed by atoms with E-state index >= 15 is 0 Å². The number of tetrazole rings is 1. The minimum Gasteiger partial charge on any atom is -0.459 e. The molecule has 0 spiro atoms. The van der Waals surface area contributed by atoms with Crippen LogP contribution in [0.3, 0.4) is 0 Å². The second-order valence-corrected chi connectivity index (χ2v) is 5.49. The molecule has 9 heteroatoms. The summed E-state index contributed by atoms with van der Waals surface area (Å²) in [6.07, 6.45) is 2.97. The lowest BCUT2D eigenvalue weighted by atomic mass is 10.2. The van der Waals surface area contributed by atoms with E-state index in [4.69, 9.17) is 9.15 Å². The second-order valence-electron chi connectivity index (χ2n) is 5.49. The molecule has 9 nitrogen and oxygen atoms in total. The first-order chi connectivity index (χ1) is 12.3. The van der Waals surface area contributed by atoms with Gasteiger partial charge in [-0.3, -0.25) is 4.79 Å². The van der Waals surface area contributed by atoms with Crippen molar-refractivity contribution in [3.8, 4) is 5.69 Å². The molecule has 0 unspecified atom stereocenters. The molecule has 1 aliphatic heterocycles. The van der Waals surface area contributed by atoms with E-state index in [-0.39, 0.29) is 11.7 Å². The van der Waals surface area contributed by atoms with Gasteiger partial charge in [0.25, 0.3) is 5.91 Å². The van der Waals surface area contributed by atoms with E-state index in [0.29, 0.717) is 18.9 Å². The van der Waals surface area contributed by atoms with Crippen LogP contribution >= 0.6 is 0 Å². The molecule has 0 atom stereocenters. The van der Waals surface area contributed by atoms with E-state index in [2.05, 4.69) is 25.7 Å². The maximum absolute atomic E-state index is 12.4. The summed E-state index contributed by atoms with van der Waals surface area (Å²) in [6, 6.07) is 8.98. The van der Waals surface area contributed by atoms with Crippen LogP contribution in [0.2, 0.25) is 0 Å². The van der Waals surface area contributed by atoms with Crippen molar-refractivity contribution in [1.29, 1.82) is 0 Å². The van der Waals surface area contributed by atoms with Crippen molar-refractivity contribution in [3.63, 3.8) is 0 Å². The number of hydrogen-bond acceptors (Lipinski definition) is 7. The maximum Gasteiger partial charge on any atom is 0.291 e. The molecule has 1 amide bonds. The first kappa shape index (κ1) is 15.3. The molecule has 1 N–H and O–H groups in total. The highest BCUT2D eigenvalue weighted by atomic mass is 16.5. The van der Waals surface area contributed by atoms with Crippen LogP contribution in [-0.4, -0.2) is 52.4 Å². The minimum atomic E-state index is -0.312. The predicted octanol–water partition coefficient (Wildman–Crippen LogP) is 1.34. The molecular formula is C16H16N6O3. The summed E-state index contributed by atoms with van der Waals surface area (Å²) >= 11 is 0. The zero-order valence-electron chi connectivity index (χ0n) is 13.3. The number of carbonyl (C=O) groups is 1. The molecule has 4 rings (SSSR count). The normalized spacial score (nSPS) is 14.5. The van der Waals surface area contributed by atoms with Crippen LogP contribution in [0.1, 0.15) is 10.6 Å². The van der Waals surface area contributed by atoms with Crippen molar-refractivity contribution < 1.29 is 13.9 Å². The van der Waals surface area contributed by atoms with E-state index in [1.54, 1.807) is 12.1 Å². The summed E-state index contributed by atoms with van der Waals surface area (Å²) < 4.78 is 12.1. The standard InChI is InChI=1S/C16H16N6O3/c23-16(15-2-1-7-25-15)18-13-10-12(22-11-17-19-20-22)3-4-14(13)21-5-8-24-9-6-21/h1-4,7,10-11H,5-6,8-9H2,(H,18,23). The third-order valence-electron chi connectivity index (χ3n) is 3.94. The largest absolute Gasteiger partial charge is 0.459 e. The molecule has 1 aliphatic rings. The lowest BCUT2D eigenvalue weighted by Gasteiger charge is -2.30. The van der Waals surface area contributed by atoms with E-state index < -0.39 is 0 Å². The Morgan fingerprint density at radius 3 is 2.80 bits per heavy atom. The molecule has 25 heavy (non-hydrogen) atoms. The van der Waals surface area contributed by atoms with Crippen molar-refractivity contribution in [2.24, 2.45) is 0 Å². The Labute approximate surface area is 143 Å². The van der Waals surface area contributed by atoms with Gasteiger partial charge in [-0.05, 0) is 40.8 Å². The molecular weight excluding hydrogens is 324 g/mol. The second kappa shape index (κ2) is 6.73. The monoisotopic (exact) mass is 340 g/mol. The highest BCUT2D eigenvalue weighted by Crippen LogP contribution is 2.29. The molecule has 2 aromatic heterocycles. The number of hydrogen-bond donors (Lipinski definition) is 1. The van der Waals surface area contributed by atoms with Crippen LogP contribution in [0.5, 0.6) is 0 Å². The third-order valence-corrected chi connectivity index (χ3v) is 3.94. The highest BCUT2D eigenvalue weighted by Gasteiger charge is 2.18. The van der Waals surface area contributed by atoms with Gasteiger partial charge < -0.3 is 19.4 Å². The summed E-state index contributed by atoms with van der Waals surface area (Å²) in [5, 5.41) is 14.1. The van der Waals surface area contributed by atoms with Gasteiger partial charge in [0.1, 0.15) is 6.33 Å². The van der Waals surface area contributed by atoms with Crippen molar-refractivity contribution >= 4 is 17.3 Å². The molecule has 3 heterocycles. The summed E-state index contributed by atoms with van der Waals surface area (Å²) in [7, 11) is 0. The Hall–Kier alpha value is -3.20. The molecule has 128 valence electrons. The molecule has 1 fully saturated rings. The number of benzene rings is 1. The topological polar surface area (TPSA) is 98.3 Å². The van der Waals surface area contributed by atoms with Gasteiger partial charge in [-0.2, -0.15) is 0 Å². The Morgan fingerprint density at radius 1 is 1.20 bits per heavy atom. The number of carbonyl (C=O) groups excluding carboxylic acids is 1. The number of amides is 1. The SMILES string of the molecule is O=C(Nc1cc(-n2cnnn2)ccc1N1CCOCC1)c1ccco1. The van der Waals surface area contributed by atoms with Crippen molar-refractivity contribution in [3.05, 3.63) is 48.7 Å². The van der Waals surface area contributed by atoms with Gasteiger partial charge in [0, 0.05) is 13.1 Å². The van der Waals surface area contributed by atoms with Gasteiger partial charge in [-0.15, -0.1) is 5.10 Å². The van der Waals surface area contributed by atoms with E-state index in [9.17, 15) is 4.79 Å². The van der Waals surface area contributed by atoms with Crippen LogP contribution in [0.4, 0.5) is 11.4 Å². The first-order valence-corrected chi connectivity index (χ1v) is 7.86. The number of ether oxygens (including phenoxy) is 1. The Balaban J connectivity index is 1.69. The van der Waals surface area contributed by atoms with Crippen LogP contribution in [-0.2, 0) is 4.74 Å². The molecule has 1 aromatic carbocycles. The summed E-state index contributed by atoms with van der Waals surface area (Å²) in [6.45, 7) is 2.82. The molecule has 3 aromatic rings. The number of rotatable bonds is 4. The zero-order valence-corrected chi connectivity index (χ0v) is 13.3. The zero-order chi connectivity index (χ0) is 17.1. The van der Waals surface area contributed by atoms with Gasteiger partial charge in [-0.25, -0.2) is 4.68 Å². The number of morpholine rings is 1. The third kappa shape index (κ3) is 3.22. The maximum atomic E-state index is 12.4. The fraction of sp³-hybridized carbons (Fsp3) is 0.250. The van der Waals surface area contributed by atoms with Gasteiger partial charge in [-0.1, -0.05) is 0 Å². The summed E-state index contributed by atoms with van der Waals surface area (Å²) in [5.41, 5.74) is 2.33.